The van der Waals surface area contributed by atoms with Crippen molar-refractivity contribution >= 4 is 5.96 Å². The van der Waals surface area contributed by atoms with Gasteiger partial charge in [0, 0.05) is 31.6 Å². The fourth-order valence-electron chi connectivity index (χ4n) is 3.48. The molecule has 7 heteroatoms. The first-order valence-corrected chi connectivity index (χ1v) is 10.4. The topological polar surface area (TPSA) is 76.4 Å². The van der Waals surface area contributed by atoms with Gasteiger partial charge in [-0.2, -0.15) is 0 Å². The summed E-state index contributed by atoms with van der Waals surface area (Å²) >= 11 is 0. The summed E-state index contributed by atoms with van der Waals surface area (Å²) in [5, 5.41) is 14.8. The number of rotatable bonds is 9. The first-order valence-electron chi connectivity index (χ1n) is 10.4. The third-order valence-corrected chi connectivity index (χ3v) is 4.98. The fraction of sp³-hybridized carbons (Fsp3) is 0.571. The van der Waals surface area contributed by atoms with Crippen molar-refractivity contribution in [2.24, 2.45) is 4.99 Å². The van der Waals surface area contributed by atoms with E-state index in [4.69, 9.17) is 9.73 Å². The summed E-state index contributed by atoms with van der Waals surface area (Å²) in [6.45, 7) is 7.14. The highest BCUT2D eigenvalue weighted by Gasteiger charge is 2.17. The number of hydrogen-bond donors (Lipinski definition) is 2. The van der Waals surface area contributed by atoms with Gasteiger partial charge in [-0.3, -0.25) is 0 Å². The van der Waals surface area contributed by atoms with Crippen molar-refractivity contribution in [2.75, 3.05) is 13.1 Å². The third kappa shape index (κ3) is 5.71. The largest absolute Gasteiger partial charge is 0.490 e. The predicted molar refractivity (Wildman–Crippen MR) is 112 cm³/mol. The van der Waals surface area contributed by atoms with Crippen molar-refractivity contribution in [1.29, 1.82) is 0 Å². The van der Waals surface area contributed by atoms with Gasteiger partial charge in [-0.05, 0) is 38.7 Å². The van der Waals surface area contributed by atoms with Crippen LogP contribution in [0.25, 0.3) is 0 Å². The Morgan fingerprint density at radius 2 is 2.04 bits per heavy atom. The van der Waals surface area contributed by atoms with Crippen LogP contribution in [0.4, 0.5) is 0 Å². The van der Waals surface area contributed by atoms with Crippen molar-refractivity contribution < 1.29 is 4.74 Å². The molecular formula is C21H32N6O. The molecule has 1 aromatic carbocycles. The molecule has 1 heterocycles. The van der Waals surface area contributed by atoms with E-state index in [1.165, 1.54) is 12.8 Å². The molecule has 3 rings (SSSR count). The molecule has 2 N–H and O–H groups in total. The number of hydrogen-bond acceptors (Lipinski definition) is 4. The molecule has 0 unspecified atom stereocenters. The Morgan fingerprint density at radius 3 is 2.82 bits per heavy atom. The van der Waals surface area contributed by atoms with E-state index in [2.05, 4.69) is 51.4 Å². The number of benzene rings is 1. The molecule has 1 saturated carbocycles. The molecule has 0 saturated heterocycles. The van der Waals surface area contributed by atoms with Gasteiger partial charge in [-0.15, -0.1) is 10.2 Å². The smallest absolute Gasteiger partial charge is 0.191 e. The van der Waals surface area contributed by atoms with Gasteiger partial charge in [0.2, 0.25) is 0 Å². The SMILES string of the molecule is CCNC(=NCc1ccccc1OC1CCCC1)NCCn1cnnc1CC. The van der Waals surface area contributed by atoms with Crippen LogP contribution in [0.5, 0.6) is 5.75 Å². The van der Waals surface area contributed by atoms with Crippen LogP contribution in [0.2, 0.25) is 0 Å². The Bertz CT molecular complexity index is 751. The van der Waals surface area contributed by atoms with Crippen molar-refractivity contribution in [2.45, 2.75) is 65.1 Å². The molecule has 152 valence electrons. The molecule has 28 heavy (non-hydrogen) atoms. The first kappa shape index (κ1) is 20.2. The van der Waals surface area contributed by atoms with Gasteiger partial charge in [-0.1, -0.05) is 25.1 Å². The Hall–Kier alpha value is -2.57. The zero-order valence-corrected chi connectivity index (χ0v) is 17.0. The van der Waals surface area contributed by atoms with Crippen LogP contribution in [-0.2, 0) is 19.5 Å². The summed E-state index contributed by atoms with van der Waals surface area (Å²) < 4.78 is 8.30. The molecule has 1 aliphatic rings. The number of aryl methyl sites for hydroxylation is 1. The number of para-hydroxylation sites is 1. The number of nitrogens with one attached hydrogen (secondary N) is 2. The second-order valence-electron chi connectivity index (χ2n) is 7.05. The number of guanidine groups is 1. The molecule has 0 aliphatic heterocycles. The van der Waals surface area contributed by atoms with Crippen LogP contribution in [0.1, 0.15) is 50.9 Å². The lowest BCUT2D eigenvalue weighted by atomic mass is 10.2. The maximum atomic E-state index is 6.23. The molecule has 0 amide bonds. The van der Waals surface area contributed by atoms with Gasteiger partial charge in [0.15, 0.2) is 5.96 Å². The van der Waals surface area contributed by atoms with Crippen LogP contribution >= 0.6 is 0 Å². The first-order chi connectivity index (χ1) is 13.8. The van der Waals surface area contributed by atoms with Crippen molar-refractivity contribution in [3.63, 3.8) is 0 Å². The molecule has 0 bridgehead atoms. The zero-order chi connectivity index (χ0) is 19.6. The van der Waals surface area contributed by atoms with E-state index in [0.717, 1.165) is 62.0 Å². The van der Waals surface area contributed by atoms with Crippen molar-refractivity contribution in [1.82, 2.24) is 25.4 Å². The maximum absolute atomic E-state index is 6.23. The van der Waals surface area contributed by atoms with E-state index in [0.29, 0.717) is 12.6 Å². The summed E-state index contributed by atoms with van der Waals surface area (Å²) in [4.78, 5) is 4.75. The van der Waals surface area contributed by atoms with Gasteiger partial charge < -0.3 is 19.9 Å². The molecule has 0 atom stereocenters. The normalized spacial score (nSPS) is 15.0. The third-order valence-electron chi connectivity index (χ3n) is 4.98. The molecule has 0 radical (unpaired) electrons. The lowest BCUT2D eigenvalue weighted by molar-refractivity contribution is 0.208. The average molecular weight is 385 g/mol. The van der Waals surface area contributed by atoms with E-state index in [9.17, 15) is 0 Å². The van der Waals surface area contributed by atoms with Crippen molar-refractivity contribution in [3.05, 3.63) is 42.0 Å². The summed E-state index contributed by atoms with van der Waals surface area (Å²) in [5.74, 6) is 2.78. The molecule has 1 aliphatic carbocycles. The minimum atomic E-state index is 0.355. The lowest BCUT2D eigenvalue weighted by Gasteiger charge is -2.16. The van der Waals surface area contributed by atoms with Gasteiger partial charge in [0.05, 0.1) is 12.6 Å². The highest BCUT2D eigenvalue weighted by atomic mass is 16.5. The van der Waals surface area contributed by atoms with Crippen LogP contribution in [0.3, 0.4) is 0 Å². The van der Waals surface area contributed by atoms with E-state index < -0.39 is 0 Å². The Balaban J connectivity index is 1.58. The fourth-order valence-corrected chi connectivity index (χ4v) is 3.48. The highest BCUT2D eigenvalue weighted by molar-refractivity contribution is 5.79. The molecule has 2 aromatic rings. The number of nitrogens with zero attached hydrogens (tertiary/aromatic N) is 4. The molecule has 1 aromatic heterocycles. The Labute approximate surface area is 167 Å². The van der Waals surface area contributed by atoms with Crippen LogP contribution in [-0.4, -0.2) is 39.9 Å². The van der Waals surface area contributed by atoms with E-state index >= 15 is 0 Å². The van der Waals surface area contributed by atoms with Crippen molar-refractivity contribution in [3.8, 4) is 5.75 Å². The van der Waals surface area contributed by atoms with Gasteiger partial charge in [-0.25, -0.2) is 4.99 Å². The number of ether oxygens (including phenoxy) is 1. The summed E-state index contributed by atoms with van der Waals surface area (Å²) in [7, 11) is 0. The standard InChI is InChI=1S/C21H32N6O/c1-3-20-26-25-16-27(20)14-13-23-21(22-4-2)24-15-17-9-5-8-12-19(17)28-18-10-6-7-11-18/h5,8-9,12,16,18H,3-4,6-7,10-11,13-15H2,1-2H3,(H2,22,23,24). The summed E-state index contributed by atoms with van der Waals surface area (Å²) in [6, 6.07) is 8.24. The van der Waals surface area contributed by atoms with Gasteiger partial charge in [0.1, 0.15) is 17.9 Å². The van der Waals surface area contributed by atoms with Gasteiger partial charge >= 0.3 is 0 Å². The monoisotopic (exact) mass is 384 g/mol. The van der Waals surface area contributed by atoms with Crippen LogP contribution < -0.4 is 15.4 Å². The summed E-state index contributed by atoms with van der Waals surface area (Å²) in [5.41, 5.74) is 1.12. The quantitative estimate of drug-likeness (QED) is 0.513. The zero-order valence-electron chi connectivity index (χ0n) is 17.0. The Kier molecular flexibility index (Phi) is 7.70. The van der Waals surface area contributed by atoms with E-state index in [1.54, 1.807) is 6.33 Å². The minimum Gasteiger partial charge on any atom is -0.490 e. The second-order valence-corrected chi connectivity index (χ2v) is 7.05. The van der Waals surface area contributed by atoms with Gasteiger partial charge in [0.25, 0.3) is 0 Å². The minimum absolute atomic E-state index is 0.355. The maximum Gasteiger partial charge on any atom is 0.191 e. The Morgan fingerprint density at radius 1 is 1.21 bits per heavy atom. The number of aromatic nitrogens is 3. The van der Waals surface area contributed by atoms with Crippen LogP contribution in [0.15, 0.2) is 35.6 Å². The second kappa shape index (κ2) is 10.7. The van der Waals surface area contributed by atoms with Crippen LogP contribution in [0, 0.1) is 0 Å². The average Bonchev–Trinajstić information content (AvgIpc) is 3.39. The molecule has 0 spiro atoms. The lowest BCUT2D eigenvalue weighted by Crippen LogP contribution is -2.39. The molecule has 1 fully saturated rings. The highest BCUT2D eigenvalue weighted by Crippen LogP contribution is 2.26. The van der Waals surface area contributed by atoms with E-state index in [-0.39, 0.29) is 0 Å². The van der Waals surface area contributed by atoms with E-state index in [1.807, 2.05) is 12.1 Å². The predicted octanol–water partition coefficient (Wildman–Crippen LogP) is 2.92. The number of aliphatic imine (C=N–C) groups is 1. The summed E-state index contributed by atoms with van der Waals surface area (Å²) in [6.07, 6.45) is 7.87. The molecule has 7 nitrogen and oxygen atoms in total. The molecular weight excluding hydrogens is 352 g/mol.